The van der Waals surface area contributed by atoms with Gasteiger partial charge in [0.15, 0.2) is 0 Å². The maximum Gasteiger partial charge on any atom is 0.263 e. The van der Waals surface area contributed by atoms with Gasteiger partial charge in [0, 0.05) is 12.2 Å². The Morgan fingerprint density at radius 1 is 1.05 bits per heavy atom. The number of nitrogens with one attached hydrogen (secondary N) is 1. The summed E-state index contributed by atoms with van der Waals surface area (Å²) in [5.41, 5.74) is 7.57. The van der Waals surface area contributed by atoms with Crippen molar-refractivity contribution >= 4 is 11.6 Å². The van der Waals surface area contributed by atoms with Crippen molar-refractivity contribution in [2.45, 2.75) is 6.54 Å². The molecule has 0 saturated heterocycles. The van der Waals surface area contributed by atoms with E-state index in [1.807, 2.05) is 24.3 Å². The number of hydrogen-bond acceptors (Lipinski definition) is 4. The van der Waals surface area contributed by atoms with Crippen LogP contribution in [0.15, 0.2) is 42.5 Å². The Balaban J connectivity index is 2.36. The summed E-state index contributed by atoms with van der Waals surface area (Å²) in [6.07, 6.45) is 0. The van der Waals surface area contributed by atoms with Crippen LogP contribution in [0.25, 0.3) is 0 Å². The molecule has 0 bridgehead atoms. The van der Waals surface area contributed by atoms with Crippen molar-refractivity contribution in [3.05, 3.63) is 53.6 Å². The van der Waals surface area contributed by atoms with Crippen molar-refractivity contribution in [1.29, 1.82) is 0 Å². The van der Waals surface area contributed by atoms with E-state index in [1.54, 1.807) is 18.2 Å². The van der Waals surface area contributed by atoms with Crippen molar-refractivity contribution in [1.82, 2.24) is 0 Å². The highest BCUT2D eigenvalue weighted by Crippen LogP contribution is 2.29. The standard InChI is InChI=1S/C16H18N2O3/c1-20-13-8-5-9-14(21-2)15(13)16(19)18-12-7-4-3-6-11(12)10-17/h3-9H,10,17H2,1-2H3,(H,18,19). The number of methoxy groups -OCH3 is 2. The molecule has 0 heterocycles. The number of hydrogen-bond donors (Lipinski definition) is 2. The number of ether oxygens (including phenoxy) is 2. The number of carbonyl (C=O) groups is 1. The Kier molecular flexibility index (Phi) is 4.79. The van der Waals surface area contributed by atoms with E-state index in [0.717, 1.165) is 5.56 Å². The molecule has 0 radical (unpaired) electrons. The predicted molar refractivity (Wildman–Crippen MR) is 81.8 cm³/mol. The molecule has 2 aromatic rings. The summed E-state index contributed by atoms with van der Waals surface area (Å²) in [6.45, 7) is 0.347. The lowest BCUT2D eigenvalue weighted by Crippen LogP contribution is -2.16. The highest BCUT2D eigenvalue weighted by Gasteiger charge is 2.18. The van der Waals surface area contributed by atoms with Crippen LogP contribution in [0.3, 0.4) is 0 Å². The SMILES string of the molecule is COc1cccc(OC)c1C(=O)Nc1ccccc1CN. The fourth-order valence-electron chi connectivity index (χ4n) is 2.08. The third-order valence-corrected chi connectivity index (χ3v) is 3.14. The molecule has 0 aromatic heterocycles. The third-order valence-electron chi connectivity index (χ3n) is 3.14. The van der Waals surface area contributed by atoms with Crippen LogP contribution in [0.2, 0.25) is 0 Å². The van der Waals surface area contributed by atoms with Crippen molar-refractivity contribution in [2.75, 3.05) is 19.5 Å². The molecule has 0 saturated carbocycles. The van der Waals surface area contributed by atoms with E-state index < -0.39 is 0 Å². The van der Waals surface area contributed by atoms with Crippen LogP contribution in [-0.2, 0) is 6.54 Å². The molecule has 2 aromatic carbocycles. The van der Waals surface area contributed by atoms with Gasteiger partial charge in [0.1, 0.15) is 17.1 Å². The second kappa shape index (κ2) is 6.76. The summed E-state index contributed by atoms with van der Waals surface area (Å²) in [6, 6.07) is 12.6. The predicted octanol–water partition coefficient (Wildman–Crippen LogP) is 2.41. The monoisotopic (exact) mass is 286 g/mol. The first-order valence-corrected chi connectivity index (χ1v) is 6.51. The Labute approximate surface area is 123 Å². The number of rotatable bonds is 5. The van der Waals surface area contributed by atoms with Gasteiger partial charge in [0.2, 0.25) is 0 Å². The van der Waals surface area contributed by atoms with E-state index >= 15 is 0 Å². The van der Waals surface area contributed by atoms with Crippen LogP contribution >= 0.6 is 0 Å². The Hall–Kier alpha value is -2.53. The molecule has 5 heteroatoms. The van der Waals surface area contributed by atoms with Crippen molar-refractivity contribution in [2.24, 2.45) is 5.73 Å². The number of benzene rings is 2. The Bertz CT molecular complexity index is 619. The van der Waals surface area contributed by atoms with Gasteiger partial charge in [-0.05, 0) is 23.8 Å². The van der Waals surface area contributed by atoms with Crippen molar-refractivity contribution in [3.8, 4) is 11.5 Å². The van der Waals surface area contributed by atoms with Gasteiger partial charge in [-0.1, -0.05) is 24.3 Å². The lowest BCUT2D eigenvalue weighted by atomic mass is 10.1. The lowest BCUT2D eigenvalue weighted by molar-refractivity contribution is 0.102. The molecule has 110 valence electrons. The van der Waals surface area contributed by atoms with Crippen molar-refractivity contribution < 1.29 is 14.3 Å². The maximum atomic E-state index is 12.5. The largest absolute Gasteiger partial charge is 0.496 e. The number of amides is 1. The van der Waals surface area contributed by atoms with Gasteiger partial charge in [-0.25, -0.2) is 0 Å². The Morgan fingerprint density at radius 2 is 1.67 bits per heavy atom. The summed E-state index contributed by atoms with van der Waals surface area (Å²) in [4.78, 5) is 12.5. The quantitative estimate of drug-likeness (QED) is 0.885. The fraction of sp³-hybridized carbons (Fsp3) is 0.188. The van der Waals surface area contributed by atoms with Gasteiger partial charge >= 0.3 is 0 Å². The molecule has 0 aliphatic carbocycles. The van der Waals surface area contributed by atoms with Crippen LogP contribution in [0.5, 0.6) is 11.5 Å². The molecular weight excluding hydrogens is 268 g/mol. The van der Waals surface area contributed by atoms with Gasteiger partial charge in [0.25, 0.3) is 5.91 Å². The van der Waals surface area contributed by atoms with Crippen molar-refractivity contribution in [3.63, 3.8) is 0 Å². The van der Waals surface area contributed by atoms with Gasteiger partial charge in [0.05, 0.1) is 14.2 Å². The highest BCUT2D eigenvalue weighted by molar-refractivity contribution is 6.08. The summed E-state index contributed by atoms with van der Waals surface area (Å²) in [5.74, 6) is 0.611. The molecule has 0 atom stereocenters. The van der Waals surface area contributed by atoms with E-state index in [1.165, 1.54) is 14.2 Å². The zero-order valence-electron chi connectivity index (χ0n) is 12.1. The first-order valence-electron chi connectivity index (χ1n) is 6.51. The number of anilines is 1. The molecule has 1 amide bonds. The van der Waals surface area contributed by atoms with Crippen LogP contribution in [-0.4, -0.2) is 20.1 Å². The van der Waals surface area contributed by atoms with E-state index in [2.05, 4.69) is 5.32 Å². The van der Waals surface area contributed by atoms with Gasteiger partial charge < -0.3 is 20.5 Å². The molecule has 3 N–H and O–H groups in total. The molecule has 0 fully saturated rings. The molecule has 0 spiro atoms. The molecule has 0 aliphatic rings. The van der Waals surface area contributed by atoms with Crippen LogP contribution < -0.4 is 20.5 Å². The number of carbonyl (C=O) groups excluding carboxylic acids is 1. The summed E-state index contributed by atoms with van der Waals surface area (Å²) in [5, 5.41) is 2.85. The normalized spacial score (nSPS) is 10.0. The van der Waals surface area contributed by atoms with Crippen LogP contribution in [0.1, 0.15) is 15.9 Å². The molecular formula is C16H18N2O3. The second-order valence-corrected chi connectivity index (χ2v) is 4.35. The van der Waals surface area contributed by atoms with E-state index in [9.17, 15) is 4.79 Å². The van der Waals surface area contributed by atoms with Gasteiger partial charge in [-0.3, -0.25) is 4.79 Å². The average molecular weight is 286 g/mol. The van der Waals surface area contributed by atoms with E-state index in [4.69, 9.17) is 15.2 Å². The summed E-state index contributed by atoms with van der Waals surface area (Å²) >= 11 is 0. The Morgan fingerprint density at radius 3 is 2.24 bits per heavy atom. The molecule has 2 rings (SSSR count). The summed E-state index contributed by atoms with van der Waals surface area (Å²) in [7, 11) is 3.03. The zero-order valence-corrected chi connectivity index (χ0v) is 12.1. The topological polar surface area (TPSA) is 73.6 Å². The first-order chi connectivity index (χ1) is 10.2. The third kappa shape index (κ3) is 3.14. The average Bonchev–Trinajstić information content (AvgIpc) is 2.54. The van der Waals surface area contributed by atoms with E-state index in [0.29, 0.717) is 29.3 Å². The second-order valence-electron chi connectivity index (χ2n) is 4.35. The molecule has 5 nitrogen and oxygen atoms in total. The minimum absolute atomic E-state index is 0.301. The van der Waals surface area contributed by atoms with Crippen LogP contribution in [0, 0.1) is 0 Å². The maximum absolute atomic E-state index is 12.5. The first kappa shape index (κ1) is 14.9. The smallest absolute Gasteiger partial charge is 0.263 e. The van der Waals surface area contributed by atoms with Crippen LogP contribution in [0.4, 0.5) is 5.69 Å². The number of para-hydroxylation sites is 1. The minimum Gasteiger partial charge on any atom is -0.496 e. The zero-order chi connectivity index (χ0) is 15.2. The van der Waals surface area contributed by atoms with Gasteiger partial charge in [-0.2, -0.15) is 0 Å². The molecule has 0 unspecified atom stereocenters. The van der Waals surface area contributed by atoms with E-state index in [-0.39, 0.29) is 5.91 Å². The highest BCUT2D eigenvalue weighted by atomic mass is 16.5. The fourth-order valence-corrected chi connectivity index (χ4v) is 2.08. The summed E-state index contributed by atoms with van der Waals surface area (Å²) < 4.78 is 10.5. The molecule has 0 aliphatic heterocycles. The van der Waals surface area contributed by atoms with Gasteiger partial charge in [-0.15, -0.1) is 0 Å². The number of nitrogens with two attached hydrogens (primary N) is 1. The lowest BCUT2D eigenvalue weighted by Gasteiger charge is -2.14. The molecule has 21 heavy (non-hydrogen) atoms. The minimum atomic E-state index is -0.301.